The van der Waals surface area contributed by atoms with E-state index < -0.39 is 0 Å². The molecule has 0 N–H and O–H groups in total. The number of halogens is 1. The largest absolute Gasteiger partial charge is 0.293 e. The van der Waals surface area contributed by atoms with E-state index in [0.717, 1.165) is 5.56 Å². The second kappa shape index (κ2) is 7.31. The number of carbonyl (C=O) groups excluding carboxylic acids is 1. The van der Waals surface area contributed by atoms with E-state index in [0.29, 0.717) is 5.33 Å². The first-order valence-corrected chi connectivity index (χ1v) is 6.37. The van der Waals surface area contributed by atoms with Gasteiger partial charge in [-0.2, -0.15) is 0 Å². The zero-order valence-corrected chi connectivity index (χ0v) is 10.4. The van der Waals surface area contributed by atoms with Crippen molar-refractivity contribution < 1.29 is 4.79 Å². The van der Waals surface area contributed by atoms with E-state index in [4.69, 9.17) is 0 Å². The second-order valence-corrected chi connectivity index (χ2v) is 3.91. The molecule has 0 unspecified atom stereocenters. The molecule has 0 saturated carbocycles. The zero-order chi connectivity index (χ0) is 10.9. The summed E-state index contributed by atoms with van der Waals surface area (Å²) < 4.78 is 0. The van der Waals surface area contributed by atoms with E-state index in [1.807, 2.05) is 35.7 Å². The van der Waals surface area contributed by atoms with Gasteiger partial charge in [0.25, 0.3) is 0 Å². The number of thiazole rings is 1. The van der Waals surface area contributed by atoms with Crippen LogP contribution in [0.15, 0.2) is 47.4 Å². The minimum Gasteiger partial charge on any atom is -0.293 e. The van der Waals surface area contributed by atoms with E-state index in [1.54, 1.807) is 23.0 Å². The highest BCUT2D eigenvalue weighted by molar-refractivity contribution is 9.09. The maximum Gasteiger partial charge on any atom is 0.173 e. The topological polar surface area (TPSA) is 30.0 Å². The Kier molecular flexibility index (Phi) is 5.88. The van der Waals surface area contributed by atoms with Crippen LogP contribution in [0.5, 0.6) is 0 Å². The second-order valence-electron chi connectivity index (χ2n) is 2.60. The SMILES string of the molecule is O=C(CBr)c1ccccc1.c1cscn1. The molecule has 0 atom stereocenters. The molecule has 0 spiro atoms. The molecule has 0 fully saturated rings. The lowest BCUT2D eigenvalue weighted by Gasteiger charge is -1.92. The molecule has 0 bridgehead atoms. The fraction of sp³-hybridized carbons (Fsp3) is 0.0909. The van der Waals surface area contributed by atoms with Crippen molar-refractivity contribution in [2.24, 2.45) is 0 Å². The highest BCUT2D eigenvalue weighted by Crippen LogP contribution is 2.01. The number of ketones is 1. The molecular weight excluding hydrogens is 274 g/mol. The Morgan fingerprint density at radius 3 is 2.47 bits per heavy atom. The number of nitrogens with zero attached hydrogens (tertiary/aromatic N) is 1. The number of hydrogen-bond donors (Lipinski definition) is 0. The average Bonchev–Trinajstić information content (AvgIpc) is 2.88. The molecule has 2 aromatic rings. The molecule has 2 rings (SSSR count). The van der Waals surface area contributed by atoms with Crippen LogP contribution >= 0.6 is 27.3 Å². The molecule has 0 aliphatic heterocycles. The summed E-state index contributed by atoms with van der Waals surface area (Å²) in [6.45, 7) is 0. The third-order valence-corrected chi connectivity index (χ3v) is 2.60. The molecule has 2 nitrogen and oxygen atoms in total. The smallest absolute Gasteiger partial charge is 0.173 e. The molecule has 1 aromatic heterocycles. The lowest BCUT2D eigenvalue weighted by molar-refractivity contribution is 0.102. The molecule has 0 saturated heterocycles. The normalized spacial score (nSPS) is 8.87. The van der Waals surface area contributed by atoms with E-state index in [2.05, 4.69) is 20.9 Å². The molecule has 0 radical (unpaired) electrons. The molecule has 78 valence electrons. The van der Waals surface area contributed by atoms with Gasteiger partial charge in [-0.25, -0.2) is 0 Å². The maximum atomic E-state index is 11.0. The number of Topliss-reactive ketones (excluding diaryl/α,β-unsaturated/α-hetero) is 1. The van der Waals surface area contributed by atoms with E-state index in [9.17, 15) is 4.79 Å². The predicted molar refractivity (Wildman–Crippen MR) is 66.7 cm³/mol. The van der Waals surface area contributed by atoms with Gasteiger partial charge < -0.3 is 0 Å². The standard InChI is InChI=1S/C8H7BrO.C3H3NS/c9-6-8(10)7-4-2-1-3-5-7;1-2-5-3-4-1/h1-5H,6H2;1-3H. The van der Waals surface area contributed by atoms with Gasteiger partial charge in [0.05, 0.1) is 10.8 Å². The first-order chi connectivity index (χ1) is 7.34. The number of benzene rings is 1. The van der Waals surface area contributed by atoms with Crippen molar-refractivity contribution in [2.75, 3.05) is 5.33 Å². The van der Waals surface area contributed by atoms with Gasteiger partial charge in [0, 0.05) is 17.1 Å². The minimum absolute atomic E-state index is 0.126. The molecule has 0 amide bonds. The molecule has 1 aromatic carbocycles. The van der Waals surface area contributed by atoms with Gasteiger partial charge in [-0.15, -0.1) is 11.3 Å². The fourth-order valence-electron chi connectivity index (χ4n) is 0.877. The monoisotopic (exact) mass is 283 g/mol. The maximum absolute atomic E-state index is 11.0. The van der Waals surface area contributed by atoms with Crippen molar-refractivity contribution in [1.82, 2.24) is 4.98 Å². The number of rotatable bonds is 2. The van der Waals surface area contributed by atoms with Crippen LogP contribution < -0.4 is 0 Å². The minimum atomic E-state index is 0.126. The Morgan fingerprint density at radius 1 is 1.33 bits per heavy atom. The summed E-state index contributed by atoms with van der Waals surface area (Å²) in [5.74, 6) is 0.126. The van der Waals surface area contributed by atoms with Crippen molar-refractivity contribution in [3.8, 4) is 0 Å². The van der Waals surface area contributed by atoms with Crippen LogP contribution in [0.4, 0.5) is 0 Å². The number of alkyl halides is 1. The van der Waals surface area contributed by atoms with Gasteiger partial charge in [-0.05, 0) is 0 Å². The zero-order valence-electron chi connectivity index (χ0n) is 7.97. The van der Waals surface area contributed by atoms with Gasteiger partial charge in [-0.1, -0.05) is 46.3 Å². The lowest BCUT2D eigenvalue weighted by atomic mass is 10.2. The van der Waals surface area contributed by atoms with E-state index >= 15 is 0 Å². The fourth-order valence-corrected chi connectivity index (χ4v) is 1.55. The highest BCUT2D eigenvalue weighted by atomic mass is 79.9. The third kappa shape index (κ3) is 4.85. The number of aromatic nitrogens is 1. The summed E-state index contributed by atoms with van der Waals surface area (Å²) in [6.07, 6.45) is 1.77. The van der Waals surface area contributed by atoms with Crippen molar-refractivity contribution >= 4 is 33.0 Å². The van der Waals surface area contributed by atoms with Crippen molar-refractivity contribution in [3.63, 3.8) is 0 Å². The van der Waals surface area contributed by atoms with Crippen LogP contribution in [0.1, 0.15) is 10.4 Å². The van der Waals surface area contributed by atoms with Crippen LogP contribution in [0.2, 0.25) is 0 Å². The van der Waals surface area contributed by atoms with Crippen LogP contribution in [0, 0.1) is 0 Å². The Morgan fingerprint density at radius 2 is 2.07 bits per heavy atom. The number of hydrogen-bond acceptors (Lipinski definition) is 3. The Hall–Kier alpha value is -1.00. The first kappa shape index (κ1) is 12.1. The van der Waals surface area contributed by atoms with Gasteiger partial charge in [0.2, 0.25) is 0 Å². The van der Waals surface area contributed by atoms with Gasteiger partial charge >= 0.3 is 0 Å². The van der Waals surface area contributed by atoms with Crippen LogP contribution in [0.3, 0.4) is 0 Å². The summed E-state index contributed by atoms with van der Waals surface area (Å²) >= 11 is 4.70. The molecule has 15 heavy (non-hydrogen) atoms. The van der Waals surface area contributed by atoms with E-state index in [-0.39, 0.29) is 5.78 Å². The molecule has 0 aliphatic rings. The third-order valence-electron chi connectivity index (χ3n) is 1.56. The lowest BCUT2D eigenvalue weighted by Crippen LogP contribution is -1.98. The van der Waals surface area contributed by atoms with Crippen LogP contribution in [-0.2, 0) is 0 Å². The van der Waals surface area contributed by atoms with Gasteiger partial charge in [-0.3, -0.25) is 9.78 Å². The van der Waals surface area contributed by atoms with E-state index in [1.165, 1.54) is 0 Å². The summed E-state index contributed by atoms with van der Waals surface area (Å²) in [4.78, 5) is 14.7. The average molecular weight is 284 g/mol. The van der Waals surface area contributed by atoms with Crippen molar-refractivity contribution in [1.29, 1.82) is 0 Å². The quantitative estimate of drug-likeness (QED) is 0.625. The summed E-state index contributed by atoms with van der Waals surface area (Å²) in [5.41, 5.74) is 2.55. The van der Waals surface area contributed by atoms with Gasteiger partial charge in [0.15, 0.2) is 5.78 Å². The highest BCUT2D eigenvalue weighted by Gasteiger charge is 1.99. The van der Waals surface area contributed by atoms with Crippen LogP contribution in [0.25, 0.3) is 0 Å². The Labute approximate surface area is 101 Å². The Bertz CT molecular complexity index is 358. The van der Waals surface area contributed by atoms with Crippen molar-refractivity contribution in [2.45, 2.75) is 0 Å². The van der Waals surface area contributed by atoms with Crippen LogP contribution in [-0.4, -0.2) is 16.1 Å². The van der Waals surface area contributed by atoms with Crippen molar-refractivity contribution in [3.05, 3.63) is 53.0 Å². The predicted octanol–water partition coefficient (Wildman–Crippen LogP) is 3.41. The summed E-state index contributed by atoms with van der Waals surface area (Å²) in [5, 5.41) is 2.33. The molecule has 1 heterocycles. The number of carbonyl (C=O) groups is 1. The summed E-state index contributed by atoms with van der Waals surface area (Å²) in [6, 6.07) is 9.23. The first-order valence-electron chi connectivity index (χ1n) is 4.31. The Balaban J connectivity index is 0.000000187. The summed E-state index contributed by atoms with van der Waals surface area (Å²) in [7, 11) is 0. The van der Waals surface area contributed by atoms with Gasteiger partial charge in [0.1, 0.15) is 0 Å². The molecule has 4 heteroatoms. The molecular formula is C11H10BrNOS. The molecule has 0 aliphatic carbocycles.